The lowest BCUT2D eigenvalue weighted by Crippen LogP contribution is -2.36. The van der Waals surface area contributed by atoms with Crippen LogP contribution in [0.15, 0.2) is 42.5 Å². The SMILES string of the molecule is N#Cc1cc(F)cc(NN2CCC(=O)c3ccccc32)c1. The molecule has 0 aliphatic carbocycles. The van der Waals surface area contributed by atoms with Gasteiger partial charge in [-0.05, 0) is 30.3 Å². The third kappa shape index (κ3) is 2.56. The summed E-state index contributed by atoms with van der Waals surface area (Å²) in [6.45, 7) is 0.494. The van der Waals surface area contributed by atoms with Crippen molar-refractivity contribution in [3.63, 3.8) is 0 Å². The second kappa shape index (κ2) is 5.25. The number of nitrogens with one attached hydrogen (secondary N) is 1. The molecule has 0 bridgehead atoms. The minimum atomic E-state index is -0.474. The first-order valence-electron chi connectivity index (χ1n) is 6.54. The van der Waals surface area contributed by atoms with Gasteiger partial charge in [0.25, 0.3) is 0 Å². The lowest BCUT2D eigenvalue weighted by atomic mass is 10.0. The number of hydrogen-bond acceptors (Lipinski definition) is 4. The standard InChI is InChI=1S/C16H12FN3O/c17-12-7-11(10-18)8-13(9-12)19-20-6-5-16(21)14-3-1-2-4-15(14)20/h1-4,7-9,19H,5-6H2. The van der Waals surface area contributed by atoms with E-state index in [1.807, 2.05) is 24.3 Å². The number of para-hydroxylation sites is 1. The highest BCUT2D eigenvalue weighted by molar-refractivity contribution is 6.03. The van der Waals surface area contributed by atoms with Crippen LogP contribution in [0.4, 0.5) is 15.8 Å². The number of ketones is 1. The van der Waals surface area contributed by atoms with Gasteiger partial charge in [-0.15, -0.1) is 0 Å². The highest BCUT2D eigenvalue weighted by Gasteiger charge is 2.22. The zero-order valence-electron chi connectivity index (χ0n) is 11.1. The molecule has 0 aromatic heterocycles. The molecule has 1 heterocycles. The van der Waals surface area contributed by atoms with Gasteiger partial charge in [0.15, 0.2) is 5.78 Å². The van der Waals surface area contributed by atoms with E-state index in [1.165, 1.54) is 12.1 Å². The Kier molecular flexibility index (Phi) is 3.28. The topological polar surface area (TPSA) is 56.1 Å². The fraction of sp³-hybridized carbons (Fsp3) is 0.125. The van der Waals surface area contributed by atoms with Crippen molar-refractivity contribution in [3.05, 3.63) is 59.4 Å². The van der Waals surface area contributed by atoms with Crippen molar-refractivity contribution in [2.24, 2.45) is 0 Å². The molecule has 5 heteroatoms. The molecule has 0 amide bonds. The third-order valence-corrected chi connectivity index (χ3v) is 3.35. The lowest BCUT2D eigenvalue weighted by Gasteiger charge is -2.31. The summed E-state index contributed by atoms with van der Waals surface area (Å²) in [7, 11) is 0. The van der Waals surface area contributed by atoms with Crippen molar-refractivity contribution < 1.29 is 9.18 Å². The van der Waals surface area contributed by atoms with Gasteiger partial charge in [0, 0.05) is 18.5 Å². The highest BCUT2D eigenvalue weighted by atomic mass is 19.1. The van der Waals surface area contributed by atoms with E-state index in [2.05, 4.69) is 5.43 Å². The molecule has 0 atom stereocenters. The van der Waals surface area contributed by atoms with E-state index in [-0.39, 0.29) is 11.3 Å². The summed E-state index contributed by atoms with van der Waals surface area (Å²) in [4.78, 5) is 11.9. The van der Waals surface area contributed by atoms with Gasteiger partial charge < -0.3 is 0 Å². The number of benzene rings is 2. The molecule has 3 rings (SSSR count). The number of nitrogens with zero attached hydrogens (tertiary/aromatic N) is 2. The molecule has 0 fully saturated rings. The van der Waals surface area contributed by atoms with Crippen LogP contribution < -0.4 is 10.4 Å². The second-order valence-electron chi connectivity index (χ2n) is 4.79. The summed E-state index contributed by atoms with van der Waals surface area (Å²) in [6.07, 6.45) is 0.393. The predicted octanol–water partition coefficient (Wildman–Crippen LogP) is 3.12. The third-order valence-electron chi connectivity index (χ3n) is 3.35. The van der Waals surface area contributed by atoms with Crippen LogP contribution >= 0.6 is 0 Å². The van der Waals surface area contributed by atoms with Gasteiger partial charge in [0.2, 0.25) is 0 Å². The van der Waals surface area contributed by atoms with Crippen LogP contribution in [0, 0.1) is 17.1 Å². The molecule has 0 saturated carbocycles. The molecule has 0 saturated heterocycles. The van der Waals surface area contributed by atoms with Crippen molar-refractivity contribution in [2.45, 2.75) is 6.42 Å². The average molecular weight is 281 g/mol. The fourth-order valence-corrected chi connectivity index (χ4v) is 2.40. The second-order valence-corrected chi connectivity index (χ2v) is 4.79. The Labute approximate surface area is 121 Å². The largest absolute Gasteiger partial charge is 0.298 e. The molecule has 1 aliphatic heterocycles. The van der Waals surface area contributed by atoms with Gasteiger partial charge in [-0.2, -0.15) is 5.26 Å². The summed E-state index contributed by atoms with van der Waals surface area (Å²) in [5.74, 6) is -0.376. The highest BCUT2D eigenvalue weighted by Crippen LogP contribution is 2.27. The molecule has 0 unspecified atom stereocenters. The van der Waals surface area contributed by atoms with Crippen molar-refractivity contribution >= 4 is 17.2 Å². The average Bonchev–Trinajstić information content (AvgIpc) is 2.50. The van der Waals surface area contributed by atoms with Gasteiger partial charge >= 0.3 is 0 Å². The van der Waals surface area contributed by atoms with E-state index in [1.54, 1.807) is 17.1 Å². The van der Waals surface area contributed by atoms with Gasteiger partial charge in [-0.25, -0.2) is 4.39 Å². The van der Waals surface area contributed by atoms with E-state index in [0.717, 1.165) is 5.69 Å². The van der Waals surface area contributed by atoms with Crippen LogP contribution in [0.2, 0.25) is 0 Å². The number of rotatable bonds is 2. The first kappa shape index (κ1) is 13.1. The summed E-state index contributed by atoms with van der Waals surface area (Å²) in [5, 5.41) is 10.7. The maximum atomic E-state index is 13.5. The maximum Gasteiger partial charge on any atom is 0.166 e. The van der Waals surface area contributed by atoms with Crippen molar-refractivity contribution in [2.75, 3.05) is 17.0 Å². The quantitative estimate of drug-likeness (QED) is 0.919. The van der Waals surface area contributed by atoms with E-state index < -0.39 is 5.82 Å². The number of hydrogen-bond donors (Lipinski definition) is 1. The normalized spacial score (nSPS) is 13.5. The Morgan fingerprint density at radius 2 is 2.05 bits per heavy atom. The minimum absolute atomic E-state index is 0.0978. The molecule has 0 radical (unpaired) electrons. The maximum absolute atomic E-state index is 13.5. The van der Waals surface area contributed by atoms with E-state index in [4.69, 9.17) is 5.26 Å². The summed E-state index contributed by atoms with van der Waals surface area (Å²) in [6, 6.07) is 13.3. The molecule has 2 aromatic rings. The van der Waals surface area contributed by atoms with Crippen molar-refractivity contribution in [3.8, 4) is 6.07 Å². The number of halogens is 1. The van der Waals surface area contributed by atoms with Gasteiger partial charge in [-0.3, -0.25) is 15.2 Å². The molecule has 1 aliphatic rings. The smallest absolute Gasteiger partial charge is 0.166 e. The Hall–Kier alpha value is -2.87. The summed E-state index contributed by atoms with van der Waals surface area (Å²) in [5.41, 5.74) is 5.20. The monoisotopic (exact) mass is 281 g/mol. The van der Waals surface area contributed by atoms with Crippen LogP contribution in [0.1, 0.15) is 22.3 Å². The number of carbonyl (C=O) groups is 1. The van der Waals surface area contributed by atoms with E-state index in [9.17, 15) is 9.18 Å². The Morgan fingerprint density at radius 3 is 2.86 bits per heavy atom. The van der Waals surface area contributed by atoms with Gasteiger partial charge in [0.05, 0.1) is 23.0 Å². The van der Waals surface area contributed by atoms with Crippen LogP contribution in [-0.4, -0.2) is 12.3 Å². The number of fused-ring (bicyclic) bond motifs is 1. The first-order valence-corrected chi connectivity index (χ1v) is 6.54. The van der Waals surface area contributed by atoms with E-state index in [0.29, 0.717) is 24.2 Å². The molecule has 21 heavy (non-hydrogen) atoms. The number of anilines is 2. The van der Waals surface area contributed by atoms with Crippen LogP contribution in [0.5, 0.6) is 0 Å². The number of Topliss-reactive ketones (excluding diaryl/α,β-unsaturated/α-hetero) is 1. The molecule has 4 nitrogen and oxygen atoms in total. The molecule has 2 aromatic carbocycles. The molecule has 104 valence electrons. The predicted molar refractivity (Wildman–Crippen MR) is 77.5 cm³/mol. The summed E-state index contributed by atoms with van der Waals surface area (Å²) < 4.78 is 13.5. The Morgan fingerprint density at radius 1 is 1.24 bits per heavy atom. The molecular weight excluding hydrogens is 269 g/mol. The van der Waals surface area contributed by atoms with E-state index >= 15 is 0 Å². The summed E-state index contributed by atoms with van der Waals surface area (Å²) >= 11 is 0. The molecule has 1 N–H and O–H groups in total. The van der Waals surface area contributed by atoms with Crippen molar-refractivity contribution in [1.29, 1.82) is 5.26 Å². The lowest BCUT2D eigenvalue weighted by molar-refractivity contribution is 0.0980. The molecule has 0 spiro atoms. The zero-order valence-corrected chi connectivity index (χ0v) is 11.1. The number of nitriles is 1. The zero-order chi connectivity index (χ0) is 14.8. The Balaban J connectivity index is 1.93. The fourth-order valence-electron chi connectivity index (χ4n) is 2.40. The number of hydrazine groups is 1. The van der Waals surface area contributed by atoms with Crippen LogP contribution in [0.3, 0.4) is 0 Å². The van der Waals surface area contributed by atoms with Crippen molar-refractivity contribution in [1.82, 2.24) is 0 Å². The number of carbonyl (C=O) groups excluding carboxylic acids is 1. The Bertz CT molecular complexity index is 751. The van der Waals surface area contributed by atoms with Crippen LogP contribution in [0.25, 0.3) is 0 Å². The minimum Gasteiger partial charge on any atom is -0.298 e. The van der Waals surface area contributed by atoms with Crippen LogP contribution in [-0.2, 0) is 0 Å². The molecular formula is C16H12FN3O. The first-order chi connectivity index (χ1) is 10.2. The van der Waals surface area contributed by atoms with Gasteiger partial charge in [-0.1, -0.05) is 12.1 Å². The van der Waals surface area contributed by atoms with Gasteiger partial charge in [0.1, 0.15) is 5.82 Å².